The minimum atomic E-state index is -4.46. The average molecular weight is 223 g/mol. The Balaban J connectivity index is 0.00000144. The Bertz CT molecular complexity index is 277. The zero-order valence-electron chi connectivity index (χ0n) is 6.33. The third-order valence-corrected chi connectivity index (χ3v) is 1.69. The van der Waals surface area contributed by atoms with Crippen LogP contribution in [0.1, 0.15) is 5.56 Å². The maximum atomic E-state index is 12.5. The molecule has 0 heterocycles. The number of benzene rings is 1. The average Bonchev–Trinajstić information content (AvgIpc) is 1.82. The van der Waals surface area contributed by atoms with Crippen LogP contribution in [-0.2, 0) is 6.18 Å². The molecule has 0 atom stereocenters. The van der Waals surface area contributed by atoms with E-state index in [4.69, 9.17) is 0 Å². The van der Waals surface area contributed by atoms with Crippen LogP contribution in [0.25, 0.3) is 0 Å². The normalized spacial score (nSPS) is 10.9. The van der Waals surface area contributed by atoms with Gasteiger partial charge < -0.3 is 12.4 Å². The van der Waals surface area contributed by atoms with Gasteiger partial charge in [-0.1, -0.05) is 0 Å². The number of halogens is 5. The third-order valence-electron chi connectivity index (χ3n) is 1.28. The van der Waals surface area contributed by atoms with Crippen molar-refractivity contribution in [3.8, 4) is 0 Å². The van der Waals surface area contributed by atoms with Gasteiger partial charge in [-0.25, -0.2) is 0 Å². The molecule has 1 aromatic rings. The zero-order valence-corrected chi connectivity index (χ0v) is 8.50. The Morgan fingerprint density at radius 1 is 1.08 bits per heavy atom. The molecule has 0 nitrogen and oxygen atoms in total. The predicted octanol–water partition coefficient (Wildman–Crippen LogP) is -1.36. The molecule has 0 aromatic heterocycles. The molecule has 1 aromatic carbocycles. The van der Waals surface area contributed by atoms with Gasteiger partial charge in [0.25, 0.3) is 0 Å². The molecule has 0 unspecified atom stereocenters. The van der Waals surface area contributed by atoms with Gasteiger partial charge in [0.1, 0.15) is 0 Å². The molecule has 0 saturated carbocycles. The summed E-state index contributed by atoms with van der Waals surface area (Å²) in [7, 11) is 0. The molecule has 0 aliphatic heterocycles. The Morgan fingerprint density at radius 3 is 2.00 bits per heavy atom. The zero-order chi connectivity index (χ0) is 9.35. The number of hydrogen-bond donors (Lipinski definition) is 0. The van der Waals surface area contributed by atoms with Crippen molar-refractivity contribution in [1.29, 1.82) is 0 Å². The number of hydrogen-bond acceptors (Lipinski definition) is 0. The molecular weight excluding hydrogens is 220 g/mol. The maximum Gasteiger partial charge on any atom is -1.00 e. The first-order chi connectivity index (χ1) is 5.39. The van der Waals surface area contributed by atoms with E-state index in [9.17, 15) is 17.6 Å². The summed E-state index contributed by atoms with van der Waals surface area (Å²) >= 11 is 1.21. The molecule has 0 aliphatic carbocycles. The van der Waals surface area contributed by atoms with E-state index in [1.807, 2.05) is 0 Å². The van der Waals surface area contributed by atoms with Crippen LogP contribution in [0.4, 0.5) is 17.6 Å². The fraction of sp³-hybridized carbons (Fsp3) is 0.143. The fourth-order valence-electron chi connectivity index (χ4n) is 0.814. The van der Waals surface area contributed by atoms with Gasteiger partial charge in [-0.15, -0.1) is 0 Å². The van der Waals surface area contributed by atoms with Gasteiger partial charge in [-0.05, 0) is 0 Å². The van der Waals surface area contributed by atoms with Gasteiger partial charge in [-0.3, -0.25) is 0 Å². The largest absolute Gasteiger partial charge is 1.00 e. The summed E-state index contributed by atoms with van der Waals surface area (Å²) in [5.41, 5.74) is -0.937. The monoisotopic (exact) mass is 222 g/mol. The van der Waals surface area contributed by atoms with Crippen LogP contribution < -0.4 is 16.1 Å². The van der Waals surface area contributed by atoms with Crippen molar-refractivity contribution in [1.82, 2.24) is 0 Å². The van der Waals surface area contributed by atoms with Gasteiger partial charge in [-0.2, -0.15) is 0 Å². The van der Waals surface area contributed by atoms with Crippen molar-refractivity contribution >= 4 is 25.4 Å². The molecule has 0 saturated heterocycles. The van der Waals surface area contributed by atoms with Gasteiger partial charge in [0.15, 0.2) is 0 Å². The summed E-state index contributed by atoms with van der Waals surface area (Å²) in [6.07, 6.45) is -4.46. The summed E-state index contributed by atoms with van der Waals surface area (Å²) < 4.78 is 48.7. The number of rotatable bonds is 0. The Kier molecular flexibility index (Phi) is 4.48. The SMILES string of the molecule is Fc1c[c]([Mg+])cc(C(F)(F)F)c1.[Cl-]. The molecule has 0 spiro atoms. The summed E-state index contributed by atoms with van der Waals surface area (Å²) in [5.74, 6) is -0.852. The van der Waals surface area contributed by atoms with Crippen LogP contribution in [0.3, 0.4) is 0 Å². The van der Waals surface area contributed by atoms with E-state index in [-0.39, 0.29) is 12.4 Å². The molecule has 0 bridgehead atoms. The van der Waals surface area contributed by atoms with Crippen molar-refractivity contribution in [2.45, 2.75) is 6.18 Å². The molecule has 6 heteroatoms. The van der Waals surface area contributed by atoms with E-state index < -0.39 is 17.6 Å². The van der Waals surface area contributed by atoms with E-state index in [2.05, 4.69) is 0 Å². The second kappa shape index (κ2) is 4.48. The van der Waals surface area contributed by atoms with Gasteiger partial charge in [0.05, 0.1) is 0 Å². The first-order valence-corrected chi connectivity index (χ1v) is 3.80. The van der Waals surface area contributed by atoms with Crippen LogP contribution in [0.15, 0.2) is 18.2 Å². The summed E-state index contributed by atoms with van der Waals surface area (Å²) in [6, 6.07) is 2.46. The molecule has 0 N–H and O–H groups in total. The van der Waals surface area contributed by atoms with Crippen LogP contribution in [0.5, 0.6) is 0 Å². The van der Waals surface area contributed by atoms with Crippen LogP contribution in [0, 0.1) is 5.82 Å². The fourth-order valence-corrected chi connectivity index (χ4v) is 1.23. The van der Waals surface area contributed by atoms with E-state index >= 15 is 0 Å². The molecule has 0 radical (unpaired) electrons. The van der Waals surface area contributed by atoms with E-state index in [1.165, 1.54) is 21.7 Å². The van der Waals surface area contributed by atoms with Crippen molar-refractivity contribution in [2.24, 2.45) is 0 Å². The molecule has 1 rings (SSSR count). The van der Waals surface area contributed by atoms with Crippen molar-refractivity contribution in [3.63, 3.8) is 0 Å². The van der Waals surface area contributed by atoms with E-state index in [1.54, 1.807) is 0 Å². The van der Waals surface area contributed by atoms with Gasteiger partial charge >= 0.3 is 78.7 Å². The predicted molar refractivity (Wildman–Crippen MR) is 36.8 cm³/mol. The van der Waals surface area contributed by atoms with Crippen molar-refractivity contribution in [2.75, 3.05) is 0 Å². The molecule has 13 heavy (non-hydrogen) atoms. The standard InChI is InChI=1S/C7H3F4.ClH.Mg/c8-6-3-1-2-5(4-6)7(9,10)11;;/h2-4H;1H;/q;;+1/p-1. The molecular formula is C7H3ClF4Mg. The van der Waals surface area contributed by atoms with E-state index in [0.717, 1.165) is 12.1 Å². The first-order valence-electron chi connectivity index (χ1n) is 3.09. The number of alkyl halides is 3. The molecule has 0 fully saturated rings. The maximum absolute atomic E-state index is 12.5. The second-order valence-electron chi connectivity index (χ2n) is 2.35. The summed E-state index contributed by atoms with van der Waals surface area (Å²) in [4.78, 5) is 0. The summed E-state index contributed by atoms with van der Waals surface area (Å²) in [5, 5.41) is 0. The van der Waals surface area contributed by atoms with Gasteiger partial charge in [0, 0.05) is 0 Å². The van der Waals surface area contributed by atoms with Crippen molar-refractivity contribution in [3.05, 3.63) is 29.6 Å². The quantitative estimate of drug-likeness (QED) is 0.376. The first kappa shape index (κ1) is 13.0. The molecule has 68 valence electrons. The third kappa shape index (κ3) is 3.70. The second-order valence-corrected chi connectivity index (χ2v) is 3.16. The topological polar surface area (TPSA) is 0 Å². The minimum absolute atomic E-state index is 0. The Labute approximate surface area is 91.2 Å². The molecule has 0 aliphatic rings. The smallest absolute Gasteiger partial charge is 1.00 e. The van der Waals surface area contributed by atoms with E-state index in [0.29, 0.717) is 9.76 Å². The van der Waals surface area contributed by atoms with Crippen LogP contribution in [-0.4, -0.2) is 21.7 Å². The minimum Gasteiger partial charge on any atom is -1.00 e. The van der Waals surface area contributed by atoms with Crippen molar-refractivity contribution < 1.29 is 30.0 Å². The molecule has 0 amide bonds. The summed E-state index contributed by atoms with van der Waals surface area (Å²) in [6.45, 7) is 0. The Morgan fingerprint density at radius 2 is 1.62 bits per heavy atom. The van der Waals surface area contributed by atoms with Crippen LogP contribution in [0.2, 0.25) is 0 Å². The van der Waals surface area contributed by atoms with Crippen LogP contribution >= 0.6 is 0 Å². The van der Waals surface area contributed by atoms with Gasteiger partial charge in [0.2, 0.25) is 0 Å². The Hall–Kier alpha value is -0.00377.